The molecule has 2 fully saturated rings. The minimum absolute atomic E-state index is 0.141. The van der Waals surface area contributed by atoms with E-state index in [1.54, 1.807) is 23.4 Å². The maximum atomic E-state index is 12.6. The molecule has 6 nitrogen and oxygen atoms in total. The number of ether oxygens (including phenoxy) is 1. The maximum Gasteiger partial charge on any atom is 0.310 e. The number of carboxylic acid groups (broad SMARTS) is 1. The molecule has 0 radical (unpaired) electrons. The minimum atomic E-state index is -0.965. The predicted molar refractivity (Wildman–Crippen MR) is 71.0 cm³/mol. The van der Waals surface area contributed by atoms with Gasteiger partial charge in [-0.15, -0.1) is 0 Å². The van der Waals surface area contributed by atoms with E-state index in [0.717, 1.165) is 5.56 Å². The number of amides is 1. The van der Waals surface area contributed by atoms with E-state index in [4.69, 9.17) is 4.74 Å². The lowest BCUT2D eigenvalue weighted by atomic mass is 9.77. The Hall–Kier alpha value is -2.21. The molecule has 0 unspecified atom stereocenters. The summed E-state index contributed by atoms with van der Waals surface area (Å²) in [5.41, 5.74) is 0.167. The number of nitrogens with zero attached hydrogens (tertiary/aromatic N) is 2. The van der Waals surface area contributed by atoms with Crippen molar-refractivity contribution in [2.45, 2.75) is 18.2 Å². The monoisotopic (exact) mass is 286 g/mol. The molecular formula is C15H14N2O4. The Kier molecular flexibility index (Phi) is 2.47. The van der Waals surface area contributed by atoms with Crippen molar-refractivity contribution in [3.63, 3.8) is 0 Å². The summed E-state index contributed by atoms with van der Waals surface area (Å²) in [5.74, 6) is -2.49. The minimum Gasteiger partial charge on any atom is -0.481 e. The van der Waals surface area contributed by atoms with Gasteiger partial charge in [0.25, 0.3) is 0 Å². The molecule has 2 bridgehead atoms. The van der Waals surface area contributed by atoms with E-state index >= 15 is 0 Å². The number of rotatable bonds is 3. The van der Waals surface area contributed by atoms with Gasteiger partial charge in [0, 0.05) is 18.9 Å². The fourth-order valence-corrected chi connectivity index (χ4v) is 3.71. The lowest BCUT2D eigenvalue weighted by molar-refractivity contribution is -0.148. The zero-order chi connectivity index (χ0) is 14.6. The van der Waals surface area contributed by atoms with Crippen molar-refractivity contribution in [2.75, 3.05) is 6.54 Å². The number of carbonyl (C=O) groups is 2. The molecule has 0 aliphatic carbocycles. The van der Waals surface area contributed by atoms with Gasteiger partial charge in [-0.3, -0.25) is 14.6 Å². The Morgan fingerprint density at radius 3 is 3.14 bits per heavy atom. The third kappa shape index (κ3) is 1.65. The molecule has 4 rings (SSSR count). The van der Waals surface area contributed by atoms with Crippen molar-refractivity contribution in [1.82, 2.24) is 9.88 Å². The van der Waals surface area contributed by atoms with E-state index in [1.165, 1.54) is 0 Å². The first-order valence-corrected chi connectivity index (χ1v) is 6.88. The number of carboxylic acids is 1. The summed E-state index contributed by atoms with van der Waals surface area (Å²) >= 11 is 0. The number of likely N-dealkylation sites (tertiary alicyclic amines) is 1. The summed E-state index contributed by atoms with van der Waals surface area (Å²) in [6.07, 6.45) is 6.55. The molecule has 3 aliphatic rings. The van der Waals surface area contributed by atoms with Crippen molar-refractivity contribution in [1.29, 1.82) is 0 Å². The average Bonchev–Trinajstić information content (AvgIpc) is 3.09. The van der Waals surface area contributed by atoms with Crippen LogP contribution in [-0.4, -0.2) is 45.1 Å². The van der Waals surface area contributed by atoms with Crippen LogP contribution in [0.5, 0.6) is 0 Å². The molecule has 1 aromatic rings. The Morgan fingerprint density at radius 2 is 2.43 bits per heavy atom. The second kappa shape index (κ2) is 4.14. The van der Waals surface area contributed by atoms with Gasteiger partial charge < -0.3 is 14.7 Å². The lowest BCUT2D eigenvalue weighted by Crippen LogP contribution is -2.39. The zero-order valence-electron chi connectivity index (χ0n) is 11.2. The van der Waals surface area contributed by atoms with Crippen molar-refractivity contribution in [3.05, 3.63) is 42.2 Å². The van der Waals surface area contributed by atoms with Crippen LogP contribution in [0.1, 0.15) is 5.56 Å². The second-order valence-corrected chi connectivity index (χ2v) is 5.79. The van der Waals surface area contributed by atoms with Gasteiger partial charge in [0.2, 0.25) is 5.91 Å². The number of fused-ring (bicyclic) bond motifs is 1. The number of pyridine rings is 1. The van der Waals surface area contributed by atoms with Crippen molar-refractivity contribution >= 4 is 11.9 Å². The molecule has 0 saturated carbocycles. The van der Waals surface area contributed by atoms with Gasteiger partial charge in [0.1, 0.15) is 11.5 Å². The lowest BCUT2D eigenvalue weighted by Gasteiger charge is -2.21. The van der Waals surface area contributed by atoms with Crippen LogP contribution in [0.3, 0.4) is 0 Å². The summed E-state index contributed by atoms with van der Waals surface area (Å²) in [6.45, 7) is 0.835. The summed E-state index contributed by atoms with van der Waals surface area (Å²) in [6, 6.07) is 3.71. The largest absolute Gasteiger partial charge is 0.481 e. The van der Waals surface area contributed by atoms with Gasteiger partial charge in [-0.05, 0) is 11.6 Å². The Morgan fingerprint density at radius 1 is 1.57 bits per heavy atom. The Labute approximate surface area is 121 Å². The highest BCUT2D eigenvalue weighted by molar-refractivity contribution is 5.90. The molecule has 1 N–H and O–H groups in total. The SMILES string of the molecule is O=C(O)[C@H]1[C@H]2C(=O)N(Cc3cccnc3)C[C@]23C=C[C@H]1O3. The van der Waals surface area contributed by atoms with Crippen molar-refractivity contribution in [2.24, 2.45) is 11.8 Å². The third-order valence-electron chi connectivity index (χ3n) is 4.56. The molecule has 2 saturated heterocycles. The highest BCUT2D eigenvalue weighted by Crippen LogP contribution is 2.52. The highest BCUT2D eigenvalue weighted by Gasteiger charge is 2.66. The van der Waals surface area contributed by atoms with Crippen LogP contribution in [0.15, 0.2) is 36.7 Å². The first-order valence-electron chi connectivity index (χ1n) is 6.88. The quantitative estimate of drug-likeness (QED) is 0.816. The van der Waals surface area contributed by atoms with Crippen LogP contribution in [-0.2, 0) is 20.9 Å². The van der Waals surface area contributed by atoms with Crippen LogP contribution in [0, 0.1) is 11.8 Å². The molecule has 4 atom stereocenters. The first-order chi connectivity index (χ1) is 10.1. The Bertz CT molecular complexity index is 644. The van der Waals surface area contributed by atoms with E-state index < -0.39 is 29.5 Å². The summed E-state index contributed by atoms with van der Waals surface area (Å²) in [5, 5.41) is 9.38. The molecular weight excluding hydrogens is 272 g/mol. The van der Waals surface area contributed by atoms with Gasteiger partial charge in [-0.25, -0.2) is 0 Å². The van der Waals surface area contributed by atoms with Crippen molar-refractivity contribution < 1.29 is 19.4 Å². The average molecular weight is 286 g/mol. The normalized spacial score (nSPS) is 36.3. The summed E-state index contributed by atoms with van der Waals surface area (Å²) in [4.78, 5) is 29.8. The molecule has 0 aromatic carbocycles. The van der Waals surface area contributed by atoms with E-state index in [0.29, 0.717) is 13.1 Å². The highest BCUT2D eigenvalue weighted by atomic mass is 16.5. The van der Waals surface area contributed by atoms with E-state index in [2.05, 4.69) is 4.98 Å². The summed E-state index contributed by atoms with van der Waals surface area (Å²) in [7, 11) is 0. The standard InChI is InChI=1S/C15H14N2O4/c18-13-12-11(14(19)20)10-3-4-15(12,21-10)8-17(13)7-9-2-1-5-16-6-9/h1-6,10-12H,7-8H2,(H,19,20)/t10-,11-,12+,15-/m1/s1. The second-order valence-electron chi connectivity index (χ2n) is 5.79. The molecule has 6 heteroatoms. The number of aliphatic carboxylic acids is 1. The fraction of sp³-hybridized carbons (Fsp3) is 0.400. The number of hydrogen-bond donors (Lipinski definition) is 1. The maximum absolute atomic E-state index is 12.6. The van der Waals surface area contributed by atoms with Gasteiger partial charge in [0.05, 0.1) is 18.6 Å². The van der Waals surface area contributed by atoms with Gasteiger partial charge >= 0.3 is 5.97 Å². The Balaban J connectivity index is 1.63. The van der Waals surface area contributed by atoms with Gasteiger partial charge in [0.15, 0.2) is 0 Å². The molecule has 21 heavy (non-hydrogen) atoms. The van der Waals surface area contributed by atoms with E-state index in [-0.39, 0.29) is 5.91 Å². The molecule has 1 aromatic heterocycles. The molecule has 1 amide bonds. The van der Waals surface area contributed by atoms with Crippen molar-refractivity contribution in [3.8, 4) is 0 Å². The van der Waals surface area contributed by atoms with Crippen LogP contribution in [0.4, 0.5) is 0 Å². The smallest absolute Gasteiger partial charge is 0.310 e. The zero-order valence-corrected chi connectivity index (χ0v) is 11.2. The van der Waals surface area contributed by atoms with Crippen LogP contribution in [0.25, 0.3) is 0 Å². The van der Waals surface area contributed by atoms with E-state index in [1.807, 2.05) is 18.2 Å². The van der Waals surface area contributed by atoms with Gasteiger partial charge in [-0.1, -0.05) is 18.2 Å². The molecule has 3 aliphatic heterocycles. The topological polar surface area (TPSA) is 79.7 Å². The van der Waals surface area contributed by atoms with Crippen LogP contribution in [0.2, 0.25) is 0 Å². The molecule has 1 spiro atoms. The first kappa shape index (κ1) is 12.5. The van der Waals surface area contributed by atoms with E-state index in [9.17, 15) is 14.7 Å². The summed E-state index contributed by atoms with van der Waals surface area (Å²) < 4.78 is 5.83. The number of hydrogen-bond acceptors (Lipinski definition) is 4. The number of carbonyl (C=O) groups excluding carboxylic acids is 1. The molecule has 4 heterocycles. The number of aromatic nitrogens is 1. The third-order valence-corrected chi connectivity index (χ3v) is 4.56. The van der Waals surface area contributed by atoms with Crippen LogP contribution >= 0.6 is 0 Å². The predicted octanol–water partition coefficient (Wildman–Crippen LogP) is 0.448. The molecule has 108 valence electrons. The fourth-order valence-electron chi connectivity index (χ4n) is 3.71. The van der Waals surface area contributed by atoms with Crippen LogP contribution < -0.4 is 0 Å². The van der Waals surface area contributed by atoms with Gasteiger partial charge in [-0.2, -0.15) is 0 Å².